The van der Waals surface area contributed by atoms with E-state index in [-0.39, 0.29) is 10.6 Å². The number of aliphatic hydroxyl groups is 1. The van der Waals surface area contributed by atoms with Crippen LogP contribution in [-0.2, 0) is 0 Å². The minimum atomic E-state index is -0.928. The zero-order chi connectivity index (χ0) is 11.8. The van der Waals surface area contributed by atoms with E-state index in [1.165, 1.54) is 12.1 Å². The van der Waals surface area contributed by atoms with Gasteiger partial charge in [0.2, 0.25) is 0 Å². The molecule has 1 atom stereocenters. The molecule has 1 N–H and O–H groups in total. The number of hydrogen-bond donors (Lipinski definition) is 1. The fourth-order valence-electron chi connectivity index (χ4n) is 1.23. The van der Waals surface area contributed by atoms with E-state index >= 15 is 0 Å². The summed E-state index contributed by atoms with van der Waals surface area (Å²) in [4.78, 5) is 0. The first-order valence-corrected chi connectivity index (χ1v) is 5.73. The lowest BCUT2D eigenvalue weighted by atomic mass is 9.84. The van der Waals surface area contributed by atoms with Crippen molar-refractivity contribution in [3.8, 4) is 0 Å². The third-order valence-electron chi connectivity index (χ3n) is 2.17. The zero-order valence-corrected chi connectivity index (χ0v) is 11.2. The van der Waals surface area contributed by atoms with Gasteiger partial charge in [-0.05, 0) is 33.5 Å². The van der Waals surface area contributed by atoms with Crippen molar-refractivity contribution >= 4 is 27.5 Å². The molecule has 1 nitrogen and oxygen atoms in total. The summed E-state index contributed by atoms with van der Waals surface area (Å²) in [5.41, 5.74) is -0.302. The number of rotatable bonds is 1. The van der Waals surface area contributed by atoms with Gasteiger partial charge in [-0.1, -0.05) is 32.4 Å². The topological polar surface area (TPSA) is 20.2 Å². The van der Waals surface area contributed by atoms with Gasteiger partial charge in [0.25, 0.3) is 0 Å². The van der Waals surface area contributed by atoms with Crippen LogP contribution in [0.2, 0.25) is 5.02 Å². The molecular weight excluding hydrogens is 282 g/mol. The van der Waals surface area contributed by atoms with E-state index in [1.54, 1.807) is 0 Å². The first-order valence-electron chi connectivity index (χ1n) is 4.56. The van der Waals surface area contributed by atoms with Crippen molar-refractivity contribution < 1.29 is 9.50 Å². The van der Waals surface area contributed by atoms with E-state index in [2.05, 4.69) is 15.9 Å². The normalized spacial score (nSPS) is 14.1. The average molecular weight is 296 g/mol. The van der Waals surface area contributed by atoms with Crippen LogP contribution in [0.1, 0.15) is 32.4 Å². The van der Waals surface area contributed by atoms with Crippen LogP contribution < -0.4 is 0 Å². The Morgan fingerprint density at radius 2 is 1.93 bits per heavy atom. The van der Waals surface area contributed by atoms with Gasteiger partial charge in [0.1, 0.15) is 5.82 Å². The number of halogens is 3. The molecule has 0 aliphatic rings. The molecule has 4 heteroatoms. The van der Waals surface area contributed by atoms with Gasteiger partial charge in [-0.25, -0.2) is 4.39 Å². The summed E-state index contributed by atoms with van der Waals surface area (Å²) < 4.78 is 14.1. The molecule has 0 saturated heterocycles. The highest BCUT2D eigenvalue weighted by atomic mass is 79.9. The van der Waals surface area contributed by atoms with Crippen LogP contribution in [0.3, 0.4) is 0 Å². The van der Waals surface area contributed by atoms with Gasteiger partial charge in [-0.3, -0.25) is 0 Å². The van der Waals surface area contributed by atoms with Crippen LogP contribution in [0.15, 0.2) is 16.6 Å². The van der Waals surface area contributed by atoms with Crippen molar-refractivity contribution in [3.63, 3.8) is 0 Å². The zero-order valence-electron chi connectivity index (χ0n) is 8.81. The molecule has 0 fully saturated rings. The Balaban J connectivity index is 3.31. The van der Waals surface area contributed by atoms with E-state index in [0.29, 0.717) is 4.47 Å². The Labute approximate surface area is 102 Å². The summed E-state index contributed by atoms with van der Waals surface area (Å²) in [5.74, 6) is -0.481. The van der Waals surface area contributed by atoms with Gasteiger partial charge in [0.05, 0.1) is 11.1 Å². The summed E-state index contributed by atoms with van der Waals surface area (Å²) in [7, 11) is 0. The fraction of sp³-hybridized carbons (Fsp3) is 0.455. The lowest BCUT2D eigenvalue weighted by Gasteiger charge is -2.27. The molecule has 1 rings (SSSR count). The van der Waals surface area contributed by atoms with Crippen molar-refractivity contribution in [1.82, 2.24) is 0 Å². The molecule has 0 radical (unpaired) electrons. The SMILES string of the molecule is CC(C)(C)C(O)c1c(F)ccc(Br)c1Cl. The highest BCUT2D eigenvalue weighted by molar-refractivity contribution is 9.10. The maximum Gasteiger partial charge on any atom is 0.130 e. The highest BCUT2D eigenvalue weighted by Gasteiger charge is 2.29. The van der Waals surface area contributed by atoms with Crippen LogP contribution in [0.25, 0.3) is 0 Å². The predicted molar refractivity (Wildman–Crippen MR) is 63.5 cm³/mol. The lowest BCUT2D eigenvalue weighted by Crippen LogP contribution is -2.19. The first kappa shape index (κ1) is 12.9. The van der Waals surface area contributed by atoms with Crippen molar-refractivity contribution in [2.75, 3.05) is 0 Å². The van der Waals surface area contributed by atoms with E-state index in [0.717, 1.165) is 0 Å². The Bertz CT molecular complexity index is 374. The minimum absolute atomic E-state index is 0.151. The van der Waals surface area contributed by atoms with E-state index in [9.17, 15) is 9.50 Å². The molecule has 1 aromatic carbocycles. The fourth-order valence-corrected chi connectivity index (χ4v) is 1.83. The van der Waals surface area contributed by atoms with Crippen LogP contribution in [0.4, 0.5) is 4.39 Å². The third-order valence-corrected chi connectivity index (χ3v) is 3.47. The van der Waals surface area contributed by atoms with Crippen molar-refractivity contribution in [2.45, 2.75) is 26.9 Å². The summed E-state index contributed by atoms with van der Waals surface area (Å²) in [5, 5.41) is 10.2. The van der Waals surface area contributed by atoms with Crippen LogP contribution in [-0.4, -0.2) is 5.11 Å². The van der Waals surface area contributed by atoms with Gasteiger partial charge in [-0.15, -0.1) is 0 Å². The number of benzene rings is 1. The highest BCUT2D eigenvalue weighted by Crippen LogP contribution is 2.40. The van der Waals surface area contributed by atoms with Gasteiger partial charge in [0.15, 0.2) is 0 Å². The molecule has 0 saturated carbocycles. The molecule has 15 heavy (non-hydrogen) atoms. The minimum Gasteiger partial charge on any atom is -0.388 e. The van der Waals surface area contributed by atoms with Crippen LogP contribution in [0, 0.1) is 11.2 Å². The Hall–Kier alpha value is -0.120. The molecule has 0 amide bonds. The molecule has 1 aromatic rings. The average Bonchev–Trinajstić information content (AvgIpc) is 2.10. The second-order valence-electron chi connectivity index (χ2n) is 4.53. The Kier molecular flexibility index (Phi) is 3.80. The molecule has 0 aliphatic carbocycles. The lowest BCUT2D eigenvalue weighted by molar-refractivity contribution is 0.0595. The monoisotopic (exact) mass is 294 g/mol. The third kappa shape index (κ3) is 2.71. The molecule has 0 heterocycles. The Morgan fingerprint density at radius 1 is 1.40 bits per heavy atom. The maximum atomic E-state index is 13.5. The van der Waals surface area contributed by atoms with Crippen molar-refractivity contribution in [2.24, 2.45) is 5.41 Å². The summed E-state index contributed by atoms with van der Waals surface area (Å²) in [6, 6.07) is 2.82. The predicted octanol–water partition coefficient (Wildman–Crippen LogP) is 4.32. The van der Waals surface area contributed by atoms with E-state index < -0.39 is 17.3 Å². The molecule has 84 valence electrons. The maximum absolute atomic E-state index is 13.5. The molecule has 0 bridgehead atoms. The second-order valence-corrected chi connectivity index (χ2v) is 5.76. The molecule has 0 spiro atoms. The van der Waals surface area contributed by atoms with Crippen LogP contribution >= 0.6 is 27.5 Å². The second kappa shape index (κ2) is 4.40. The van der Waals surface area contributed by atoms with Crippen LogP contribution in [0.5, 0.6) is 0 Å². The molecule has 0 aromatic heterocycles. The van der Waals surface area contributed by atoms with E-state index in [4.69, 9.17) is 11.6 Å². The van der Waals surface area contributed by atoms with Gasteiger partial charge < -0.3 is 5.11 Å². The van der Waals surface area contributed by atoms with E-state index in [1.807, 2.05) is 20.8 Å². The summed E-state index contributed by atoms with van der Waals surface area (Å²) >= 11 is 9.16. The molecule has 1 unspecified atom stereocenters. The van der Waals surface area contributed by atoms with Gasteiger partial charge >= 0.3 is 0 Å². The van der Waals surface area contributed by atoms with Gasteiger partial charge in [-0.2, -0.15) is 0 Å². The van der Waals surface area contributed by atoms with Gasteiger partial charge in [0, 0.05) is 10.0 Å². The summed E-state index contributed by atoms with van der Waals surface area (Å²) in [6.07, 6.45) is -0.928. The first-order chi connectivity index (χ1) is 6.75. The smallest absolute Gasteiger partial charge is 0.130 e. The van der Waals surface area contributed by atoms with Crippen molar-refractivity contribution in [1.29, 1.82) is 0 Å². The van der Waals surface area contributed by atoms with Crippen molar-refractivity contribution in [3.05, 3.63) is 33.0 Å². The Morgan fingerprint density at radius 3 is 2.40 bits per heavy atom. The summed E-state index contributed by atoms with van der Waals surface area (Å²) in [6.45, 7) is 5.48. The molecule has 0 aliphatic heterocycles. The quantitative estimate of drug-likeness (QED) is 0.765. The standard InChI is InChI=1S/C11H13BrClFO/c1-11(2,3)10(15)8-7(14)5-4-6(12)9(8)13/h4-5,10,15H,1-3H3. The molecular formula is C11H13BrClFO. The number of aliphatic hydroxyl groups excluding tert-OH is 1. The number of hydrogen-bond acceptors (Lipinski definition) is 1. The largest absolute Gasteiger partial charge is 0.388 e.